The van der Waals surface area contributed by atoms with E-state index in [2.05, 4.69) is 93.7 Å². The number of rotatable bonds is 44. The number of unbranched alkanes of at least 4 members (excludes halogenated alkanes) is 21. The van der Waals surface area contributed by atoms with Crippen molar-refractivity contribution in [3.63, 3.8) is 0 Å². The van der Waals surface area contributed by atoms with Crippen LogP contribution in [-0.2, 0) is 23.8 Å². The summed E-state index contributed by atoms with van der Waals surface area (Å²) in [7, 11) is 0. The van der Waals surface area contributed by atoms with E-state index < -0.39 is 6.10 Å². The number of allylic oxidation sites excluding steroid dienone is 12. The molecule has 0 N–H and O–H groups in total. The first-order chi connectivity index (χ1) is 28.6. The first-order valence-corrected chi connectivity index (χ1v) is 24.5. The second kappa shape index (κ2) is 48.7. The maximum Gasteiger partial charge on any atom is 0.306 e. The van der Waals surface area contributed by atoms with Gasteiger partial charge >= 0.3 is 11.9 Å². The second-order valence-electron chi connectivity index (χ2n) is 16.0. The number of hydrogen-bond acceptors (Lipinski definition) is 5. The minimum Gasteiger partial charge on any atom is -0.462 e. The van der Waals surface area contributed by atoms with E-state index in [0.717, 1.165) is 96.3 Å². The molecule has 0 saturated heterocycles. The molecule has 0 aliphatic heterocycles. The Balaban J connectivity index is 4.29. The van der Waals surface area contributed by atoms with Crippen molar-refractivity contribution >= 4 is 11.9 Å². The van der Waals surface area contributed by atoms with E-state index in [4.69, 9.17) is 14.2 Å². The van der Waals surface area contributed by atoms with E-state index >= 15 is 0 Å². The number of ether oxygens (including phenoxy) is 3. The summed E-state index contributed by atoms with van der Waals surface area (Å²) >= 11 is 0. The van der Waals surface area contributed by atoms with Gasteiger partial charge in [-0.3, -0.25) is 9.59 Å². The van der Waals surface area contributed by atoms with Gasteiger partial charge in [-0.05, 0) is 89.9 Å². The summed E-state index contributed by atoms with van der Waals surface area (Å²) in [6.07, 6.45) is 61.9. The van der Waals surface area contributed by atoms with Crippen LogP contribution in [0.3, 0.4) is 0 Å². The Labute approximate surface area is 359 Å². The van der Waals surface area contributed by atoms with Crippen LogP contribution in [0.25, 0.3) is 0 Å². The Morgan fingerprint density at radius 1 is 0.397 bits per heavy atom. The first kappa shape index (κ1) is 55.3. The molecule has 1 atom stereocenters. The Hall–Kier alpha value is -2.66. The Morgan fingerprint density at radius 2 is 0.776 bits per heavy atom. The maximum absolute atomic E-state index is 12.7. The highest BCUT2D eigenvalue weighted by atomic mass is 16.6. The molecule has 0 aromatic carbocycles. The van der Waals surface area contributed by atoms with Crippen molar-refractivity contribution in [1.29, 1.82) is 0 Å². The van der Waals surface area contributed by atoms with Gasteiger partial charge in [-0.2, -0.15) is 0 Å². The minimum atomic E-state index is -0.552. The third kappa shape index (κ3) is 46.0. The highest BCUT2D eigenvalue weighted by molar-refractivity contribution is 5.70. The number of carbonyl (C=O) groups is 2. The molecule has 0 saturated carbocycles. The molecule has 0 heterocycles. The molecule has 0 radical (unpaired) electrons. The number of carbonyl (C=O) groups excluding carboxylic acids is 2. The molecule has 0 aliphatic rings. The zero-order valence-corrected chi connectivity index (χ0v) is 38.3. The molecule has 0 aliphatic carbocycles. The smallest absolute Gasteiger partial charge is 0.306 e. The SMILES string of the molecule is CC/C=C\C/C=C\C/C=C\C/C=C\C/C=C\CCCCCC(=O)OCC(COCCCCCCCCCCCC)OC(=O)CCCCCCC/C=C\CCCCCC. The zero-order chi connectivity index (χ0) is 42.1. The zero-order valence-electron chi connectivity index (χ0n) is 38.3. The second-order valence-corrected chi connectivity index (χ2v) is 16.0. The van der Waals surface area contributed by atoms with Crippen molar-refractivity contribution in [2.45, 2.75) is 232 Å². The van der Waals surface area contributed by atoms with Crippen LogP contribution in [-0.4, -0.2) is 37.9 Å². The van der Waals surface area contributed by atoms with Gasteiger partial charge in [0.15, 0.2) is 6.10 Å². The fourth-order valence-electron chi connectivity index (χ4n) is 6.59. The standard InChI is InChI=1S/C53H92O5/c1-4-7-10-13-16-19-22-24-25-26-27-28-29-31-32-34-37-40-43-46-52(54)57-50-51(49-56-48-45-42-39-36-21-18-15-12-9-6-3)58-53(55)47-44-41-38-35-33-30-23-20-17-14-11-8-5-2/h7,10,16,19-20,23-25,27-28,31-32,51H,4-6,8-9,11-15,17-18,21-22,26,29-30,33-50H2,1-3H3/b10-7-,19-16-,23-20-,25-24-,28-27-,32-31-. The highest BCUT2D eigenvalue weighted by Crippen LogP contribution is 2.13. The molecule has 0 aromatic heterocycles. The van der Waals surface area contributed by atoms with Crippen LogP contribution in [0.5, 0.6) is 0 Å². The monoisotopic (exact) mass is 809 g/mol. The molecule has 0 spiro atoms. The molecular weight excluding hydrogens is 717 g/mol. The van der Waals surface area contributed by atoms with Crippen molar-refractivity contribution in [3.8, 4) is 0 Å². The summed E-state index contributed by atoms with van der Waals surface area (Å²) in [5, 5.41) is 0. The lowest BCUT2D eigenvalue weighted by Gasteiger charge is -2.18. The molecular formula is C53H92O5. The third-order valence-corrected chi connectivity index (χ3v) is 10.2. The van der Waals surface area contributed by atoms with Gasteiger partial charge < -0.3 is 14.2 Å². The third-order valence-electron chi connectivity index (χ3n) is 10.2. The Morgan fingerprint density at radius 3 is 1.29 bits per heavy atom. The molecule has 58 heavy (non-hydrogen) atoms. The first-order valence-electron chi connectivity index (χ1n) is 24.5. The van der Waals surface area contributed by atoms with Crippen LogP contribution in [0.4, 0.5) is 0 Å². The van der Waals surface area contributed by atoms with Gasteiger partial charge in [-0.25, -0.2) is 0 Å². The lowest BCUT2D eigenvalue weighted by atomic mass is 10.1. The van der Waals surface area contributed by atoms with Gasteiger partial charge in [-0.1, -0.05) is 196 Å². The van der Waals surface area contributed by atoms with Crippen molar-refractivity contribution in [2.75, 3.05) is 19.8 Å². The number of esters is 2. The minimum absolute atomic E-state index is 0.0642. The molecule has 5 heteroatoms. The van der Waals surface area contributed by atoms with E-state index in [9.17, 15) is 9.59 Å². The predicted molar refractivity (Wildman–Crippen MR) is 251 cm³/mol. The molecule has 1 unspecified atom stereocenters. The van der Waals surface area contributed by atoms with Crippen LogP contribution < -0.4 is 0 Å². The molecule has 0 fully saturated rings. The molecule has 5 nitrogen and oxygen atoms in total. The molecule has 334 valence electrons. The fraction of sp³-hybridized carbons (Fsp3) is 0.736. The fourth-order valence-corrected chi connectivity index (χ4v) is 6.59. The Kier molecular flexibility index (Phi) is 46.5. The lowest BCUT2D eigenvalue weighted by molar-refractivity contribution is -0.163. The molecule has 0 aromatic rings. The predicted octanol–water partition coefficient (Wildman–Crippen LogP) is 16.3. The lowest BCUT2D eigenvalue weighted by Crippen LogP contribution is -2.30. The van der Waals surface area contributed by atoms with E-state index in [0.29, 0.717) is 19.4 Å². The van der Waals surface area contributed by atoms with Crippen LogP contribution in [0, 0.1) is 0 Å². The van der Waals surface area contributed by atoms with E-state index in [1.54, 1.807) is 0 Å². The van der Waals surface area contributed by atoms with E-state index in [1.807, 2.05) is 0 Å². The van der Waals surface area contributed by atoms with Crippen LogP contribution in [0.1, 0.15) is 226 Å². The van der Waals surface area contributed by atoms with Gasteiger partial charge in [0, 0.05) is 19.4 Å². The highest BCUT2D eigenvalue weighted by Gasteiger charge is 2.17. The van der Waals surface area contributed by atoms with Gasteiger partial charge in [0.05, 0.1) is 6.61 Å². The maximum atomic E-state index is 12.7. The summed E-state index contributed by atoms with van der Waals surface area (Å²) in [5.41, 5.74) is 0. The largest absolute Gasteiger partial charge is 0.462 e. The number of hydrogen-bond donors (Lipinski definition) is 0. The van der Waals surface area contributed by atoms with E-state index in [-0.39, 0.29) is 25.2 Å². The molecule has 0 amide bonds. The van der Waals surface area contributed by atoms with Gasteiger partial charge in [0.25, 0.3) is 0 Å². The summed E-state index contributed by atoms with van der Waals surface area (Å²) in [6, 6.07) is 0. The average molecular weight is 809 g/mol. The summed E-state index contributed by atoms with van der Waals surface area (Å²) < 4.78 is 17.3. The van der Waals surface area contributed by atoms with Gasteiger partial charge in [0.2, 0.25) is 0 Å². The van der Waals surface area contributed by atoms with Gasteiger partial charge in [-0.15, -0.1) is 0 Å². The van der Waals surface area contributed by atoms with Crippen LogP contribution in [0.2, 0.25) is 0 Å². The quantitative estimate of drug-likeness (QED) is 0.0348. The van der Waals surface area contributed by atoms with Crippen LogP contribution >= 0.6 is 0 Å². The summed E-state index contributed by atoms with van der Waals surface area (Å²) in [5.74, 6) is -0.443. The van der Waals surface area contributed by atoms with Crippen molar-refractivity contribution in [2.24, 2.45) is 0 Å². The average Bonchev–Trinajstić information content (AvgIpc) is 3.22. The molecule has 0 bridgehead atoms. The Bertz CT molecular complexity index is 1050. The normalized spacial score (nSPS) is 12.8. The van der Waals surface area contributed by atoms with Crippen molar-refractivity contribution < 1.29 is 23.8 Å². The summed E-state index contributed by atoms with van der Waals surface area (Å²) in [4.78, 5) is 25.3. The van der Waals surface area contributed by atoms with Gasteiger partial charge in [0.1, 0.15) is 6.61 Å². The van der Waals surface area contributed by atoms with Crippen LogP contribution in [0.15, 0.2) is 72.9 Å². The van der Waals surface area contributed by atoms with Crippen molar-refractivity contribution in [1.82, 2.24) is 0 Å². The molecule has 0 rings (SSSR count). The summed E-state index contributed by atoms with van der Waals surface area (Å²) in [6.45, 7) is 7.66. The van der Waals surface area contributed by atoms with E-state index in [1.165, 1.54) is 96.3 Å². The van der Waals surface area contributed by atoms with Crippen molar-refractivity contribution in [3.05, 3.63) is 72.9 Å². The topological polar surface area (TPSA) is 61.8 Å².